The van der Waals surface area contributed by atoms with E-state index >= 15 is 0 Å². The van der Waals surface area contributed by atoms with Gasteiger partial charge in [-0.2, -0.15) is 0 Å². The van der Waals surface area contributed by atoms with Gasteiger partial charge in [0.1, 0.15) is 5.75 Å². The molecule has 0 aromatic heterocycles. The summed E-state index contributed by atoms with van der Waals surface area (Å²) in [6.07, 6.45) is 0.140. The maximum atomic E-state index is 11.9. The summed E-state index contributed by atoms with van der Waals surface area (Å²) in [5.41, 5.74) is 1.33. The molecule has 0 radical (unpaired) electrons. The van der Waals surface area contributed by atoms with Crippen LogP contribution < -0.4 is 9.64 Å². The molecule has 0 fully saturated rings. The van der Waals surface area contributed by atoms with Crippen molar-refractivity contribution in [2.24, 2.45) is 0 Å². The molecule has 0 bridgehead atoms. The first-order valence-corrected chi connectivity index (χ1v) is 6.48. The smallest absolute Gasteiger partial charge is 0.307 e. The van der Waals surface area contributed by atoms with Crippen molar-refractivity contribution in [1.82, 2.24) is 0 Å². The van der Waals surface area contributed by atoms with Gasteiger partial charge in [-0.25, -0.2) is 0 Å². The van der Waals surface area contributed by atoms with Crippen LogP contribution in [0.25, 0.3) is 0 Å². The molecular formula is C14H17NO5. The predicted octanol–water partition coefficient (Wildman–Crippen LogP) is 0.857. The highest BCUT2D eigenvalue weighted by molar-refractivity contribution is 5.98. The molecular weight excluding hydrogens is 262 g/mol. The van der Waals surface area contributed by atoms with Crippen LogP contribution in [-0.2, 0) is 20.9 Å². The van der Waals surface area contributed by atoms with Gasteiger partial charge in [0.15, 0.2) is 6.61 Å². The molecule has 1 aliphatic rings. The van der Waals surface area contributed by atoms with E-state index < -0.39 is 0 Å². The molecule has 0 unspecified atom stereocenters. The second kappa shape index (κ2) is 6.38. The summed E-state index contributed by atoms with van der Waals surface area (Å²) in [5, 5.41) is 9.09. The number of fused-ring (bicyclic) bond motifs is 1. The Morgan fingerprint density at radius 2 is 2.30 bits per heavy atom. The highest BCUT2D eigenvalue weighted by atomic mass is 16.5. The van der Waals surface area contributed by atoms with Gasteiger partial charge in [-0.1, -0.05) is 6.07 Å². The van der Waals surface area contributed by atoms with Crippen molar-refractivity contribution in [3.05, 3.63) is 23.8 Å². The predicted molar refractivity (Wildman–Crippen MR) is 71.5 cm³/mol. The van der Waals surface area contributed by atoms with Crippen molar-refractivity contribution < 1.29 is 24.2 Å². The molecule has 1 aliphatic heterocycles. The van der Waals surface area contributed by atoms with Gasteiger partial charge in [-0.15, -0.1) is 0 Å². The van der Waals surface area contributed by atoms with E-state index in [9.17, 15) is 9.59 Å². The number of hydrogen-bond acceptors (Lipinski definition) is 5. The molecule has 0 saturated heterocycles. The molecule has 0 atom stereocenters. The zero-order chi connectivity index (χ0) is 14.5. The number of benzene rings is 1. The fraction of sp³-hybridized carbons (Fsp3) is 0.429. The van der Waals surface area contributed by atoms with Crippen LogP contribution in [0.2, 0.25) is 0 Å². The van der Waals surface area contributed by atoms with E-state index in [1.807, 2.05) is 0 Å². The number of amides is 1. The Morgan fingerprint density at radius 3 is 3.00 bits per heavy atom. The first-order valence-electron chi connectivity index (χ1n) is 6.48. The number of anilines is 1. The van der Waals surface area contributed by atoms with Crippen LogP contribution >= 0.6 is 0 Å². The minimum Gasteiger partial charge on any atom is -0.482 e. The van der Waals surface area contributed by atoms with Crippen molar-refractivity contribution in [3.8, 4) is 5.75 Å². The second-order valence-corrected chi connectivity index (χ2v) is 4.35. The average Bonchev–Trinajstić information content (AvgIpc) is 2.46. The lowest BCUT2D eigenvalue weighted by atomic mass is 10.1. The normalized spacial score (nSPS) is 13.7. The van der Waals surface area contributed by atoms with Gasteiger partial charge in [-0.3, -0.25) is 9.59 Å². The molecule has 1 heterocycles. The lowest BCUT2D eigenvalue weighted by Crippen LogP contribution is -2.40. The third kappa shape index (κ3) is 3.08. The standard InChI is InChI=1S/C14H17NO5/c1-2-19-14(18)5-6-15-11-4-3-10(8-16)7-12(11)20-9-13(15)17/h3-4,7,16H,2,5-6,8-9H2,1H3. The molecule has 0 aliphatic carbocycles. The van der Waals surface area contributed by atoms with Gasteiger partial charge >= 0.3 is 5.97 Å². The van der Waals surface area contributed by atoms with E-state index in [0.29, 0.717) is 23.6 Å². The quantitative estimate of drug-likeness (QED) is 0.809. The van der Waals surface area contributed by atoms with E-state index in [2.05, 4.69) is 0 Å². The van der Waals surface area contributed by atoms with Crippen molar-refractivity contribution >= 4 is 17.6 Å². The van der Waals surface area contributed by atoms with E-state index in [-0.39, 0.29) is 38.1 Å². The topological polar surface area (TPSA) is 76.1 Å². The molecule has 1 amide bonds. The number of aliphatic hydroxyl groups is 1. The van der Waals surface area contributed by atoms with Crippen LogP contribution in [0.1, 0.15) is 18.9 Å². The van der Waals surface area contributed by atoms with E-state index in [4.69, 9.17) is 14.6 Å². The molecule has 1 aromatic carbocycles. The Hall–Kier alpha value is -2.08. The number of hydrogen-bond donors (Lipinski definition) is 1. The Balaban J connectivity index is 2.13. The molecule has 0 spiro atoms. The van der Waals surface area contributed by atoms with Gasteiger partial charge in [0.05, 0.1) is 25.3 Å². The van der Waals surface area contributed by atoms with E-state index in [0.717, 1.165) is 0 Å². The molecule has 108 valence electrons. The summed E-state index contributed by atoms with van der Waals surface area (Å²) >= 11 is 0. The van der Waals surface area contributed by atoms with Crippen LogP contribution in [0.5, 0.6) is 5.75 Å². The number of esters is 1. The maximum Gasteiger partial charge on any atom is 0.307 e. The number of nitrogens with zero attached hydrogens (tertiary/aromatic N) is 1. The second-order valence-electron chi connectivity index (χ2n) is 4.35. The Morgan fingerprint density at radius 1 is 1.50 bits per heavy atom. The SMILES string of the molecule is CCOC(=O)CCN1C(=O)COc2cc(CO)ccc21. The third-order valence-corrected chi connectivity index (χ3v) is 2.99. The molecule has 1 aromatic rings. The zero-order valence-corrected chi connectivity index (χ0v) is 11.3. The molecule has 6 nitrogen and oxygen atoms in total. The Kier molecular flexibility index (Phi) is 4.57. The van der Waals surface area contributed by atoms with E-state index in [1.165, 1.54) is 4.90 Å². The van der Waals surface area contributed by atoms with Gasteiger partial charge in [0.25, 0.3) is 5.91 Å². The molecule has 6 heteroatoms. The number of carbonyl (C=O) groups excluding carboxylic acids is 2. The molecule has 20 heavy (non-hydrogen) atoms. The lowest BCUT2D eigenvalue weighted by molar-refractivity contribution is -0.142. The minimum atomic E-state index is -0.333. The van der Waals surface area contributed by atoms with Gasteiger partial charge in [0.2, 0.25) is 0 Å². The van der Waals surface area contributed by atoms with Crippen LogP contribution in [0, 0.1) is 0 Å². The van der Waals surface area contributed by atoms with E-state index in [1.54, 1.807) is 25.1 Å². The van der Waals surface area contributed by atoms with Crippen molar-refractivity contribution in [2.75, 3.05) is 24.7 Å². The molecule has 1 N–H and O–H groups in total. The Labute approximate surface area is 116 Å². The minimum absolute atomic E-state index is 0.0648. The van der Waals surface area contributed by atoms with Gasteiger partial charge < -0.3 is 19.5 Å². The monoisotopic (exact) mass is 279 g/mol. The first-order chi connectivity index (χ1) is 9.65. The summed E-state index contributed by atoms with van der Waals surface area (Å²) in [7, 11) is 0. The van der Waals surface area contributed by atoms with Crippen LogP contribution in [0.15, 0.2) is 18.2 Å². The largest absolute Gasteiger partial charge is 0.482 e. The van der Waals surface area contributed by atoms with Crippen LogP contribution in [-0.4, -0.2) is 36.7 Å². The number of ether oxygens (including phenoxy) is 2. The van der Waals surface area contributed by atoms with Crippen molar-refractivity contribution in [3.63, 3.8) is 0 Å². The zero-order valence-electron chi connectivity index (χ0n) is 11.3. The fourth-order valence-electron chi connectivity index (χ4n) is 2.03. The highest BCUT2D eigenvalue weighted by Gasteiger charge is 2.26. The molecule has 2 rings (SSSR count). The fourth-order valence-corrected chi connectivity index (χ4v) is 2.03. The summed E-state index contributed by atoms with van der Waals surface area (Å²) < 4.78 is 10.2. The first kappa shape index (κ1) is 14.3. The van der Waals surface area contributed by atoms with Crippen LogP contribution in [0.4, 0.5) is 5.69 Å². The summed E-state index contributed by atoms with van der Waals surface area (Å²) in [6, 6.07) is 5.13. The van der Waals surface area contributed by atoms with Gasteiger partial charge in [-0.05, 0) is 24.6 Å². The number of rotatable bonds is 5. The van der Waals surface area contributed by atoms with Crippen molar-refractivity contribution in [1.29, 1.82) is 0 Å². The van der Waals surface area contributed by atoms with Gasteiger partial charge in [0, 0.05) is 6.54 Å². The van der Waals surface area contributed by atoms with Crippen LogP contribution in [0.3, 0.4) is 0 Å². The summed E-state index contributed by atoms with van der Waals surface area (Å²) in [4.78, 5) is 24.8. The average molecular weight is 279 g/mol. The maximum absolute atomic E-state index is 11.9. The summed E-state index contributed by atoms with van der Waals surface area (Å²) in [5.74, 6) is 0.0128. The number of aliphatic hydroxyl groups excluding tert-OH is 1. The third-order valence-electron chi connectivity index (χ3n) is 2.99. The summed E-state index contributed by atoms with van der Waals surface area (Å²) in [6.45, 7) is 2.17. The lowest BCUT2D eigenvalue weighted by Gasteiger charge is -2.29. The number of carbonyl (C=O) groups is 2. The van der Waals surface area contributed by atoms with Crippen molar-refractivity contribution in [2.45, 2.75) is 20.0 Å². The highest BCUT2D eigenvalue weighted by Crippen LogP contribution is 2.33. The Bertz CT molecular complexity index is 514. The molecule has 0 saturated carbocycles.